The molecule has 1 aliphatic heterocycles. The van der Waals surface area contributed by atoms with Crippen molar-refractivity contribution in [3.8, 4) is 0 Å². The van der Waals surface area contributed by atoms with Crippen molar-refractivity contribution in [2.75, 3.05) is 13.1 Å². The fourth-order valence-corrected chi connectivity index (χ4v) is 2.47. The summed E-state index contributed by atoms with van der Waals surface area (Å²) in [4.78, 5) is 25.6. The van der Waals surface area contributed by atoms with Gasteiger partial charge in [0.05, 0.1) is 0 Å². The molecule has 1 aliphatic rings. The minimum absolute atomic E-state index is 0.155. The Hall–Kier alpha value is -1.47. The van der Waals surface area contributed by atoms with E-state index in [1.165, 1.54) is 20.8 Å². The van der Waals surface area contributed by atoms with Crippen LogP contribution in [0.25, 0.3) is 0 Å². The molecule has 1 heterocycles. The fraction of sp³-hybridized carbons (Fsp3) is 0.846. The number of likely N-dealkylation sites (tertiary alicyclic amines) is 1. The van der Waals surface area contributed by atoms with Crippen LogP contribution in [-0.2, 0) is 4.79 Å². The highest BCUT2D eigenvalue weighted by Crippen LogP contribution is 2.30. The number of alkyl halides is 3. The lowest BCUT2D eigenvalue weighted by molar-refractivity contribution is -0.153. The molecular weight excluding hydrogens is 289 g/mol. The molecule has 0 aliphatic carbocycles. The highest BCUT2D eigenvalue weighted by atomic mass is 19.4. The number of hydrogen-bond donors (Lipinski definition) is 1. The summed E-state index contributed by atoms with van der Waals surface area (Å²) in [7, 11) is 0. The summed E-state index contributed by atoms with van der Waals surface area (Å²) >= 11 is 0. The number of urea groups is 1. The molecule has 8 heteroatoms. The van der Waals surface area contributed by atoms with Gasteiger partial charge in [0.2, 0.25) is 0 Å². The number of halogens is 3. The lowest BCUT2D eigenvalue weighted by Crippen LogP contribution is -2.62. The average Bonchev–Trinajstić information content (AvgIpc) is 2.34. The van der Waals surface area contributed by atoms with Gasteiger partial charge in [-0.2, -0.15) is 13.2 Å². The standard InChI is InChI=1S/C13H21F3N2O3/c1-9(2)17(8-13(14,15)16)11(21)18-7-5-4-6-12(18,3)10(19)20/h9H,4-8H2,1-3H3,(H,19,20). The van der Waals surface area contributed by atoms with Crippen molar-refractivity contribution in [1.29, 1.82) is 0 Å². The van der Waals surface area contributed by atoms with Crippen molar-refractivity contribution in [3.05, 3.63) is 0 Å². The van der Waals surface area contributed by atoms with E-state index in [2.05, 4.69) is 0 Å². The summed E-state index contributed by atoms with van der Waals surface area (Å²) in [6, 6.07) is -1.54. The third-order valence-corrected chi connectivity index (χ3v) is 3.80. The van der Waals surface area contributed by atoms with Crippen molar-refractivity contribution < 1.29 is 27.9 Å². The third-order valence-electron chi connectivity index (χ3n) is 3.80. The van der Waals surface area contributed by atoms with Crippen molar-refractivity contribution in [1.82, 2.24) is 9.80 Å². The molecule has 0 radical (unpaired) electrons. The number of piperidine rings is 1. The van der Waals surface area contributed by atoms with E-state index in [-0.39, 0.29) is 13.0 Å². The van der Waals surface area contributed by atoms with E-state index in [1.807, 2.05) is 0 Å². The second-order valence-electron chi connectivity index (χ2n) is 5.81. The van der Waals surface area contributed by atoms with Gasteiger partial charge in [0, 0.05) is 12.6 Å². The van der Waals surface area contributed by atoms with Gasteiger partial charge in [0.25, 0.3) is 0 Å². The first-order valence-electron chi connectivity index (χ1n) is 6.87. The van der Waals surface area contributed by atoms with E-state index < -0.39 is 36.3 Å². The van der Waals surface area contributed by atoms with Gasteiger partial charge < -0.3 is 14.9 Å². The maximum atomic E-state index is 12.6. The van der Waals surface area contributed by atoms with Crippen LogP contribution in [-0.4, -0.2) is 57.8 Å². The third kappa shape index (κ3) is 4.01. The number of rotatable bonds is 3. The number of carbonyl (C=O) groups excluding carboxylic acids is 1. The van der Waals surface area contributed by atoms with Crippen LogP contribution in [0.15, 0.2) is 0 Å². The van der Waals surface area contributed by atoms with Crippen molar-refractivity contribution in [2.45, 2.75) is 57.8 Å². The SMILES string of the molecule is CC(C)N(CC(F)(F)F)C(=O)N1CCCCC1(C)C(=O)O. The summed E-state index contributed by atoms with van der Waals surface area (Å²) in [5, 5.41) is 9.34. The molecule has 1 fully saturated rings. The van der Waals surface area contributed by atoms with E-state index >= 15 is 0 Å². The van der Waals surface area contributed by atoms with Crippen molar-refractivity contribution in [3.63, 3.8) is 0 Å². The number of nitrogens with zero attached hydrogens (tertiary/aromatic N) is 2. The molecule has 0 aromatic carbocycles. The van der Waals surface area contributed by atoms with E-state index in [4.69, 9.17) is 0 Å². The molecule has 1 unspecified atom stereocenters. The van der Waals surface area contributed by atoms with Gasteiger partial charge in [-0.05, 0) is 40.0 Å². The Labute approximate surface area is 121 Å². The van der Waals surface area contributed by atoms with Gasteiger partial charge in [-0.15, -0.1) is 0 Å². The molecule has 0 aromatic rings. The smallest absolute Gasteiger partial charge is 0.406 e. The Kier molecular flexibility index (Phi) is 5.11. The number of carboxylic acids is 1. The molecule has 0 aromatic heterocycles. The summed E-state index contributed by atoms with van der Waals surface area (Å²) in [5.41, 5.74) is -1.45. The van der Waals surface area contributed by atoms with E-state index in [9.17, 15) is 27.9 Å². The molecule has 21 heavy (non-hydrogen) atoms. The van der Waals surface area contributed by atoms with Crippen LogP contribution in [0.4, 0.5) is 18.0 Å². The fourth-order valence-electron chi connectivity index (χ4n) is 2.47. The molecule has 5 nitrogen and oxygen atoms in total. The lowest BCUT2D eigenvalue weighted by Gasteiger charge is -2.44. The predicted octanol–water partition coefficient (Wildman–Crippen LogP) is 2.71. The summed E-state index contributed by atoms with van der Waals surface area (Å²) < 4.78 is 37.8. The molecule has 2 amide bonds. The van der Waals surface area contributed by atoms with Crippen LogP contribution in [0, 0.1) is 0 Å². The molecule has 0 saturated carbocycles. The topological polar surface area (TPSA) is 60.9 Å². The monoisotopic (exact) mass is 310 g/mol. The summed E-state index contributed by atoms with van der Waals surface area (Å²) in [6.07, 6.45) is -3.05. The molecule has 122 valence electrons. The summed E-state index contributed by atoms with van der Waals surface area (Å²) in [6.45, 7) is 3.12. The Morgan fingerprint density at radius 3 is 2.33 bits per heavy atom. The van der Waals surface area contributed by atoms with Gasteiger partial charge in [0.1, 0.15) is 12.1 Å². The number of carbonyl (C=O) groups is 2. The molecule has 0 bridgehead atoms. The van der Waals surface area contributed by atoms with Gasteiger partial charge >= 0.3 is 18.2 Å². The maximum absolute atomic E-state index is 12.6. The Morgan fingerprint density at radius 2 is 1.90 bits per heavy atom. The van der Waals surface area contributed by atoms with Crippen LogP contribution in [0.2, 0.25) is 0 Å². The van der Waals surface area contributed by atoms with Crippen molar-refractivity contribution in [2.24, 2.45) is 0 Å². The highest BCUT2D eigenvalue weighted by molar-refractivity contribution is 5.86. The largest absolute Gasteiger partial charge is 0.480 e. The Morgan fingerprint density at radius 1 is 1.33 bits per heavy atom. The van der Waals surface area contributed by atoms with Crippen LogP contribution < -0.4 is 0 Å². The first-order valence-corrected chi connectivity index (χ1v) is 6.87. The zero-order valence-corrected chi connectivity index (χ0v) is 12.4. The van der Waals surface area contributed by atoms with E-state index in [0.29, 0.717) is 17.7 Å². The minimum Gasteiger partial charge on any atom is -0.480 e. The zero-order chi connectivity index (χ0) is 16.4. The van der Waals surface area contributed by atoms with Crippen molar-refractivity contribution >= 4 is 12.0 Å². The number of carboxylic acid groups (broad SMARTS) is 1. The quantitative estimate of drug-likeness (QED) is 0.872. The lowest BCUT2D eigenvalue weighted by atomic mass is 9.88. The van der Waals surface area contributed by atoms with Gasteiger partial charge in [-0.25, -0.2) is 9.59 Å². The van der Waals surface area contributed by atoms with Crippen LogP contribution in [0.3, 0.4) is 0 Å². The van der Waals surface area contributed by atoms with Gasteiger partial charge in [-0.3, -0.25) is 0 Å². The average molecular weight is 310 g/mol. The normalized spacial score (nSPS) is 23.3. The van der Waals surface area contributed by atoms with Gasteiger partial charge in [0.15, 0.2) is 0 Å². The Balaban J connectivity index is 3.03. The summed E-state index contributed by atoms with van der Waals surface area (Å²) in [5.74, 6) is -1.19. The second-order valence-corrected chi connectivity index (χ2v) is 5.81. The second kappa shape index (κ2) is 6.11. The predicted molar refractivity (Wildman–Crippen MR) is 69.9 cm³/mol. The van der Waals surface area contributed by atoms with Gasteiger partial charge in [-0.1, -0.05) is 0 Å². The molecule has 1 rings (SSSR count). The zero-order valence-electron chi connectivity index (χ0n) is 12.4. The van der Waals surface area contributed by atoms with Crippen LogP contribution in [0.1, 0.15) is 40.0 Å². The molecule has 0 spiro atoms. The first kappa shape index (κ1) is 17.6. The van der Waals surface area contributed by atoms with Crippen LogP contribution in [0.5, 0.6) is 0 Å². The first-order chi connectivity index (χ1) is 9.49. The minimum atomic E-state index is -4.52. The highest BCUT2D eigenvalue weighted by Gasteiger charge is 2.47. The van der Waals surface area contributed by atoms with E-state index in [1.54, 1.807) is 0 Å². The maximum Gasteiger partial charge on any atom is 0.406 e. The van der Waals surface area contributed by atoms with E-state index in [0.717, 1.165) is 4.90 Å². The van der Waals surface area contributed by atoms with Crippen LogP contribution >= 0.6 is 0 Å². The molecular formula is C13H21F3N2O3. The molecule has 1 saturated heterocycles. The molecule has 1 N–H and O–H groups in total. The number of amides is 2. The number of hydrogen-bond acceptors (Lipinski definition) is 2. The Bertz CT molecular complexity index is 412. The number of aliphatic carboxylic acids is 1. The molecule has 1 atom stereocenters.